The van der Waals surface area contributed by atoms with Crippen LogP contribution in [0.15, 0.2) is 16.0 Å². The molecule has 1 aromatic heterocycles. The Labute approximate surface area is 139 Å². The van der Waals surface area contributed by atoms with Gasteiger partial charge < -0.3 is 15.5 Å². The Morgan fingerprint density at radius 2 is 2.26 bits per heavy atom. The van der Waals surface area contributed by atoms with Crippen LogP contribution in [-0.2, 0) is 9.53 Å². The van der Waals surface area contributed by atoms with E-state index in [1.807, 2.05) is 0 Å². The highest BCUT2D eigenvalue weighted by atomic mass is 32.2. The standard InChI is InChI=1S/C16H23N3O3S/c1-15(2)9-4-5-16(15,3)10(6-9)22-13(21)8-23-14-18-11(17)7-12(20)19-14/h7,9-10H,4-6,8H2,1-3H3,(H3,17,18,19,20)/t9-,10-,16-/m0/s1. The van der Waals surface area contributed by atoms with E-state index >= 15 is 0 Å². The number of hydrogen-bond acceptors (Lipinski definition) is 6. The zero-order valence-corrected chi connectivity index (χ0v) is 14.5. The number of thioether (sulfide) groups is 1. The van der Waals surface area contributed by atoms with E-state index in [9.17, 15) is 9.59 Å². The fraction of sp³-hybridized carbons (Fsp3) is 0.688. The molecular formula is C16H23N3O3S. The number of aromatic amines is 1. The van der Waals surface area contributed by atoms with E-state index in [2.05, 4.69) is 30.7 Å². The topological polar surface area (TPSA) is 98.1 Å². The summed E-state index contributed by atoms with van der Waals surface area (Å²) in [4.78, 5) is 30.1. The maximum Gasteiger partial charge on any atom is 0.316 e. The number of esters is 1. The summed E-state index contributed by atoms with van der Waals surface area (Å²) in [5, 5.41) is 0.339. The van der Waals surface area contributed by atoms with Crippen molar-refractivity contribution in [3.05, 3.63) is 16.4 Å². The van der Waals surface area contributed by atoms with E-state index in [4.69, 9.17) is 10.5 Å². The van der Waals surface area contributed by atoms with E-state index in [0.29, 0.717) is 11.1 Å². The van der Waals surface area contributed by atoms with Crippen molar-refractivity contribution in [1.82, 2.24) is 9.97 Å². The van der Waals surface area contributed by atoms with Crippen LogP contribution in [0.5, 0.6) is 0 Å². The molecule has 2 aliphatic rings. The monoisotopic (exact) mass is 337 g/mol. The van der Waals surface area contributed by atoms with Crippen LogP contribution in [0, 0.1) is 16.7 Å². The van der Waals surface area contributed by atoms with E-state index in [1.54, 1.807) is 0 Å². The molecule has 3 atom stereocenters. The zero-order valence-electron chi connectivity index (χ0n) is 13.7. The lowest BCUT2D eigenvalue weighted by Crippen LogP contribution is -2.38. The number of carbonyl (C=O) groups is 1. The summed E-state index contributed by atoms with van der Waals surface area (Å²) in [5.41, 5.74) is 5.47. The van der Waals surface area contributed by atoms with Crippen LogP contribution in [-0.4, -0.2) is 27.8 Å². The van der Waals surface area contributed by atoms with Crippen molar-refractivity contribution in [2.45, 2.75) is 51.3 Å². The zero-order chi connectivity index (χ0) is 16.8. The number of H-pyrrole nitrogens is 1. The highest BCUT2D eigenvalue weighted by Gasteiger charge is 2.62. The molecular weight excluding hydrogens is 314 g/mol. The number of nitrogens with zero attached hydrogens (tertiary/aromatic N) is 1. The molecule has 1 heterocycles. The van der Waals surface area contributed by atoms with Gasteiger partial charge in [0.05, 0.1) is 5.75 Å². The number of ether oxygens (including phenoxy) is 1. The molecule has 0 unspecified atom stereocenters. The van der Waals surface area contributed by atoms with Gasteiger partial charge >= 0.3 is 5.97 Å². The van der Waals surface area contributed by atoms with Crippen LogP contribution < -0.4 is 11.3 Å². The first-order valence-electron chi connectivity index (χ1n) is 7.91. The van der Waals surface area contributed by atoms with Crippen molar-refractivity contribution in [2.75, 3.05) is 11.5 Å². The number of fused-ring (bicyclic) bond motifs is 2. The molecule has 0 amide bonds. The summed E-state index contributed by atoms with van der Waals surface area (Å²) >= 11 is 1.14. The van der Waals surface area contributed by atoms with Crippen LogP contribution >= 0.6 is 11.8 Å². The van der Waals surface area contributed by atoms with Crippen LogP contribution in [0.2, 0.25) is 0 Å². The quantitative estimate of drug-likeness (QED) is 0.496. The number of nitrogens with two attached hydrogens (primary N) is 1. The second kappa shape index (κ2) is 5.54. The summed E-state index contributed by atoms with van der Waals surface area (Å²) in [6.45, 7) is 6.81. The number of nitrogens with one attached hydrogen (secondary N) is 1. The first kappa shape index (κ1) is 16.4. The average Bonchev–Trinajstić information content (AvgIpc) is 2.77. The van der Waals surface area contributed by atoms with Gasteiger partial charge in [-0.05, 0) is 30.6 Å². The number of carbonyl (C=O) groups excluding carboxylic acids is 1. The van der Waals surface area contributed by atoms with Crippen molar-refractivity contribution >= 4 is 23.5 Å². The van der Waals surface area contributed by atoms with Gasteiger partial charge in [0.25, 0.3) is 5.56 Å². The lowest BCUT2D eigenvalue weighted by Gasteiger charge is -2.38. The molecule has 0 spiro atoms. The molecule has 0 aliphatic heterocycles. The molecule has 7 heteroatoms. The fourth-order valence-electron chi connectivity index (χ4n) is 4.15. The molecule has 3 N–H and O–H groups in total. The lowest BCUT2D eigenvalue weighted by atomic mass is 9.70. The van der Waals surface area contributed by atoms with Crippen molar-refractivity contribution in [1.29, 1.82) is 0 Å². The van der Waals surface area contributed by atoms with E-state index in [-0.39, 0.29) is 40.0 Å². The molecule has 2 bridgehead atoms. The smallest absolute Gasteiger partial charge is 0.316 e. The second-order valence-electron chi connectivity index (χ2n) is 7.35. The maximum atomic E-state index is 12.2. The number of rotatable bonds is 4. The molecule has 0 saturated heterocycles. The molecule has 1 aromatic rings. The second-order valence-corrected chi connectivity index (χ2v) is 8.32. The van der Waals surface area contributed by atoms with Crippen molar-refractivity contribution in [2.24, 2.45) is 16.7 Å². The van der Waals surface area contributed by atoms with Crippen molar-refractivity contribution < 1.29 is 9.53 Å². The summed E-state index contributed by atoms with van der Waals surface area (Å²) in [5.74, 6) is 0.621. The molecule has 126 valence electrons. The van der Waals surface area contributed by atoms with Crippen LogP contribution in [0.25, 0.3) is 0 Å². The van der Waals surface area contributed by atoms with Crippen LogP contribution in [0.3, 0.4) is 0 Å². The van der Waals surface area contributed by atoms with Gasteiger partial charge in [-0.1, -0.05) is 32.5 Å². The molecule has 0 aromatic carbocycles. The molecule has 23 heavy (non-hydrogen) atoms. The molecule has 2 aliphatic carbocycles. The number of aromatic nitrogens is 2. The molecule has 2 fully saturated rings. The van der Waals surface area contributed by atoms with Gasteiger partial charge in [0.1, 0.15) is 11.9 Å². The lowest BCUT2D eigenvalue weighted by molar-refractivity contribution is -0.153. The number of hydrogen-bond donors (Lipinski definition) is 2. The van der Waals surface area contributed by atoms with E-state index < -0.39 is 0 Å². The van der Waals surface area contributed by atoms with Crippen LogP contribution in [0.1, 0.15) is 40.0 Å². The number of anilines is 1. The molecule has 2 saturated carbocycles. The third-order valence-corrected chi connectivity index (χ3v) is 6.90. The average molecular weight is 337 g/mol. The Morgan fingerprint density at radius 3 is 2.83 bits per heavy atom. The van der Waals surface area contributed by atoms with Crippen molar-refractivity contribution in [3.8, 4) is 0 Å². The number of nitrogen functional groups attached to an aromatic ring is 1. The normalized spacial score (nSPS) is 31.3. The Kier molecular flexibility index (Phi) is 3.94. The minimum atomic E-state index is -0.323. The third kappa shape index (κ3) is 2.75. The first-order valence-corrected chi connectivity index (χ1v) is 8.90. The van der Waals surface area contributed by atoms with Crippen LogP contribution in [0.4, 0.5) is 5.82 Å². The highest BCUT2D eigenvalue weighted by Crippen LogP contribution is 2.66. The summed E-state index contributed by atoms with van der Waals surface area (Å²) in [6, 6.07) is 1.21. The minimum Gasteiger partial charge on any atom is -0.461 e. The van der Waals surface area contributed by atoms with Gasteiger partial charge in [-0.3, -0.25) is 9.59 Å². The fourth-order valence-corrected chi connectivity index (χ4v) is 4.82. The molecule has 6 nitrogen and oxygen atoms in total. The predicted octanol–water partition coefficient (Wildman–Crippen LogP) is 2.20. The van der Waals surface area contributed by atoms with Crippen molar-refractivity contribution in [3.63, 3.8) is 0 Å². The largest absolute Gasteiger partial charge is 0.461 e. The summed E-state index contributed by atoms with van der Waals surface area (Å²) in [6.07, 6.45) is 3.27. The Hall–Kier alpha value is -1.50. The van der Waals surface area contributed by atoms with Gasteiger partial charge in [-0.25, -0.2) is 4.98 Å². The minimum absolute atomic E-state index is 0.0165. The molecule has 3 rings (SSSR count). The highest BCUT2D eigenvalue weighted by molar-refractivity contribution is 7.99. The van der Waals surface area contributed by atoms with Gasteiger partial charge in [0, 0.05) is 11.5 Å². The van der Waals surface area contributed by atoms with Gasteiger partial charge in [0.2, 0.25) is 0 Å². The SMILES string of the molecule is CC1(C)[C@H]2CC[C@@]1(C)[C@@H](OC(=O)CSc1nc(N)cc(=O)[nH]1)C2. The summed E-state index contributed by atoms with van der Waals surface area (Å²) in [7, 11) is 0. The Balaban J connectivity index is 1.59. The van der Waals surface area contributed by atoms with Gasteiger partial charge in [0.15, 0.2) is 5.16 Å². The Morgan fingerprint density at radius 1 is 1.52 bits per heavy atom. The van der Waals surface area contributed by atoms with Gasteiger partial charge in [-0.2, -0.15) is 0 Å². The Bertz CT molecular complexity index is 687. The van der Waals surface area contributed by atoms with Gasteiger partial charge in [-0.15, -0.1) is 0 Å². The maximum absolute atomic E-state index is 12.2. The van der Waals surface area contributed by atoms with E-state index in [0.717, 1.165) is 24.6 Å². The summed E-state index contributed by atoms with van der Waals surface area (Å²) < 4.78 is 5.76. The third-order valence-electron chi connectivity index (χ3n) is 6.05. The van der Waals surface area contributed by atoms with E-state index in [1.165, 1.54) is 12.5 Å². The molecule has 0 radical (unpaired) electrons. The predicted molar refractivity (Wildman–Crippen MR) is 89.1 cm³/mol. The first-order chi connectivity index (χ1) is 10.7.